The molecular weight excluding hydrogens is 466 g/mol. The first-order valence-electron chi connectivity index (χ1n) is 11.7. The number of unbranched alkanes of at least 4 members (excludes halogenated alkanes) is 2. The number of thioether (sulfide) groups is 1. The Labute approximate surface area is 212 Å². The molecule has 7 nitrogen and oxygen atoms in total. The van der Waals surface area contributed by atoms with E-state index in [4.69, 9.17) is 23.8 Å². The van der Waals surface area contributed by atoms with Gasteiger partial charge in [-0.15, -0.1) is 0 Å². The fourth-order valence-corrected chi connectivity index (χ4v) is 3.45. The van der Waals surface area contributed by atoms with E-state index in [0.29, 0.717) is 24.5 Å². The lowest BCUT2D eigenvalue weighted by Gasteiger charge is -2.19. The van der Waals surface area contributed by atoms with Gasteiger partial charge in [-0.25, -0.2) is 0 Å². The molecule has 35 heavy (non-hydrogen) atoms. The van der Waals surface area contributed by atoms with Crippen molar-refractivity contribution in [3.63, 3.8) is 0 Å². The minimum atomic E-state index is -0.457. The van der Waals surface area contributed by atoms with Crippen molar-refractivity contribution in [3.05, 3.63) is 59.7 Å². The van der Waals surface area contributed by atoms with Gasteiger partial charge in [-0.05, 0) is 54.5 Å². The topological polar surface area (TPSA) is 90.9 Å². The molecule has 8 heteroatoms. The van der Waals surface area contributed by atoms with Crippen LogP contribution in [-0.2, 0) is 25.5 Å². The first-order chi connectivity index (χ1) is 17.0. The Morgan fingerprint density at radius 1 is 1.00 bits per heavy atom. The molecular formula is C27H37NO6S. The minimum absolute atomic E-state index is 0.186. The molecule has 0 spiro atoms. The molecule has 2 rings (SSSR count). The van der Waals surface area contributed by atoms with Crippen LogP contribution >= 0.6 is 11.8 Å². The van der Waals surface area contributed by atoms with Crippen LogP contribution in [0.5, 0.6) is 11.5 Å². The molecule has 0 bridgehead atoms. The standard InChI is InChI=1S/C25H34O4S.C2H3NO2/c1-5-6-7-8-25(26)29-24(21-11-15-22(27-3)16-12-21)18-28-23-13-9-20(10-14-23)17-19(2)30-4;4-1-3-2-5/h9-16,19,24H,5-8,17-18H2,1-4H3;1-2H,(H,3,4,5). The maximum Gasteiger partial charge on any atom is 0.306 e. The van der Waals surface area contributed by atoms with Gasteiger partial charge in [0.05, 0.1) is 7.11 Å². The Morgan fingerprint density at radius 2 is 1.63 bits per heavy atom. The van der Waals surface area contributed by atoms with Crippen LogP contribution in [0.15, 0.2) is 48.5 Å². The molecule has 2 unspecified atom stereocenters. The fraction of sp³-hybridized carbons (Fsp3) is 0.444. The summed E-state index contributed by atoms with van der Waals surface area (Å²) in [5, 5.41) is 2.34. The summed E-state index contributed by atoms with van der Waals surface area (Å²) in [4.78, 5) is 30.4. The van der Waals surface area contributed by atoms with Crippen molar-refractivity contribution < 1.29 is 28.6 Å². The zero-order valence-corrected chi connectivity index (χ0v) is 21.8. The molecule has 0 radical (unpaired) electrons. The number of carbonyl (C=O) groups is 3. The molecule has 2 amide bonds. The lowest BCUT2D eigenvalue weighted by Crippen LogP contribution is -2.18. The summed E-state index contributed by atoms with van der Waals surface area (Å²) in [5.41, 5.74) is 2.18. The molecule has 0 fully saturated rings. The van der Waals surface area contributed by atoms with Crippen LogP contribution in [0.1, 0.15) is 56.8 Å². The number of nitrogens with one attached hydrogen (secondary N) is 1. The Bertz CT molecular complexity index is 851. The highest BCUT2D eigenvalue weighted by Crippen LogP contribution is 2.24. The predicted octanol–water partition coefficient (Wildman–Crippen LogP) is 5.12. The maximum absolute atomic E-state index is 12.3. The smallest absolute Gasteiger partial charge is 0.306 e. The number of esters is 1. The number of hydrogen-bond donors (Lipinski definition) is 1. The number of benzene rings is 2. The molecule has 0 saturated heterocycles. The quantitative estimate of drug-likeness (QED) is 0.205. The van der Waals surface area contributed by atoms with Crippen molar-refractivity contribution in [2.24, 2.45) is 0 Å². The molecule has 0 aliphatic heterocycles. The summed E-state index contributed by atoms with van der Waals surface area (Å²) in [6.07, 6.45) is 6.71. The third-order valence-corrected chi connectivity index (χ3v) is 6.10. The zero-order valence-electron chi connectivity index (χ0n) is 21.0. The van der Waals surface area contributed by atoms with Gasteiger partial charge in [-0.1, -0.05) is 51.0 Å². The first-order valence-corrected chi connectivity index (χ1v) is 13.0. The van der Waals surface area contributed by atoms with Gasteiger partial charge >= 0.3 is 5.97 Å². The van der Waals surface area contributed by atoms with Crippen molar-refractivity contribution in [3.8, 4) is 11.5 Å². The fourth-order valence-electron chi connectivity index (χ4n) is 3.09. The van der Waals surface area contributed by atoms with E-state index in [0.717, 1.165) is 42.7 Å². The number of carbonyl (C=O) groups excluding carboxylic acids is 3. The van der Waals surface area contributed by atoms with E-state index in [1.165, 1.54) is 5.56 Å². The van der Waals surface area contributed by atoms with Crippen LogP contribution in [-0.4, -0.2) is 44.0 Å². The maximum atomic E-state index is 12.3. The van der Waals surface area contributed by atoms with E-state index in [2.05, 4.69) is 32.2 Å². The highest BCUT2D eigenvalue weighted by Gasteiger charge is 2.18. The first kappa shape index (κ1) is 30.0. The van der Waals surface area contributed by atoms with Crippen molar-refractivity contribution in [1.82, 2.24) is 5.32 Å². The van der Waals surface area contributed by atoms with Gasteiger partial charge in [0, 0.05) is 11.7 Å². The summed E-state index contributed by atoms with van der Waals surface area (Å²) in [6.45, 7) is 4.61. The van der Waals surface area contributed by atoms with Crippen LogP contribution in [0.4, 0.5) is 0 Å². The number of rotatable bonds is 15. The molecule has 0 aromatic heterocycles. The third-order valence-electron chi connectivity index (χ3n) is 5.13. The monoisotopic (exact) mass is 503 g/mol. The van der Waals surface area contributed by atoms with E-state index >= 15 is 0 Å². The van der Waals surface area contributed by atoms with Crippen LogP contribution in [0.3, 0.4) is 0 Å². The number of ether oxygens (including phenoxy) is 3. The number of imide groups is 1. The minimum Gasteiger partial charge on any atom is -0.497 e. The molecule has 192 valence electrons. The molecule has 2 aromatic carbocycles. The van der Waals surface area contributed by atoms with Gasteiger partial charge in [0.25, 0.3) is 0 Å². The summed E-state index contributed by atoms with van der Waals surface area (Å²) in [7, 11) is 1.63. The van der Waals surface area contributed by atoms with Gasteiger partial charge in [-0.3, -0.25) is 14.4 Å². The molecule has 2 atom stereocenters. The number of hydrogen-bond acceptors (Lipinski definition) is 7. The average Bonchev–Trinajstić information content (AvgIpc) is 2.88. The summed E-state index contributed by atoms with van der Waals surface area (Å²) in [5.74, 6) is 1.35. The highest BCUT2D eigenvalue weighted by atomic mass is 32.2. The second kappa shape index (κ2) is 18.3. The van der Waals surface area contributed by atoms with Gasteiger partial charge in [-0.2, -0.15) is 11.8 Å². The third kappa shape index (κ3) is 12.9. The van der Waals surface area contributed by atoms with E-state index in [1.807, 2.05) is 48.2 Å². The predicted molar refractivity (Wildman–Crippen MR) is 140 cm³/mol. The molecule has 0 aliphatic rings. The SMILES string of the molecule is CCCCCC(=O)OC(COc1ccc(CC(C)SC)cc1)c1ccc(OC)cc1.O=CNC=O. The lowest BCUT2D eigenvalue weighted by molar-refractivity contribution is -0.151. The Morgan fingerprint density at radius 3 is 2.14 bits per heavy atom. The van der Waals surface area contributed by atoms with Crippen LogP contribution in [0.25, 0.3) is 0 Å². The summed E-state index contributed by atoms with van der Waals surface area (Å²) < 4.78 is 17.0. The van der Waals surface area contributed by atoms with Crippen molar-refractivity contribution in [2.45, 2.75) is 57.3 Å². The molecule has 0 saturated carbocycles. The Kier molecular flexibility index (Phi) is 15.7. The molecule has 1 N–H and O–H groups in total. The summed E-state index contributed by atoms with van der Waals surface area (Å²) >= 11 is 1.86. The largest absolute Gasteiger partial charge is 0.497 e. The van der Waals surface area contributed by atoms with Crippen LogP contribution in [0.2, 0.25) is 0 Å². The van der Waals surface area contributed by atoms with Crippen LogP contribution < -0.4 is 14.8 Å². The second-order valence-corrected chi connectivity index (χ2v) is 9.09. The van der Waals surface area contributed by atoms with Crippen molar-refractivity contribution in [2.75, 3.05) is 20.0 Å². The van der Waals surface area contributed by atoms with E-state index in [-0.39, 0.29) is 12.6 Å². The average molecular weight is 504 g/mol. The van der Waals surface area contributed by atoms with E-state index in [9.17, 15) is 4.79 Å². The Hall–Kier alpha value is -3.00. The van der Waals surface area contributed by atoms with Gasteiger partial charge in [0.1, 0.15) is 18.1 Å². The molecule has 0 heterocycles. The molecule has 2 aromatic rings. The van der Waals surface area contributed by atoms with E-state index < -0.39 is 6.10 Å². The van der Waals surface area contributed by atoms with Gasteiger partial charge in [0.15, 0.2) is 6.10 Å². The normalized spacial score (nSPS) is 11.8. The lowest BCUT2D eigenvalue weighted by atomic mass is 10.1. The van der Waals surface area contributed by atoms with Crippen molar-refractivity contribution in [1.29, 1.82) is 0 Å². The van der Waals surface area contributed by atoms with Gasteiger partial charge in [0.2, 0.25) is 12.8 Å². The highest BCUT2D eigenvalue weighted by molar-refractivity contribution is 7.99. The van der Waals surface area contributed by atoms with Crippen molar-refractivity contribution >= 4 is 30.6 Å². The van der Waals surface area contributed by atoms with Crippen LogP contribution in [0, 0.1) is 0 Å². The molecule has 0 aliphatic carbocycles. The van der Waals surface area contributed by atoms with E-state index in [1.54, 1.807) is 12.4 Å². The number of amides is 2. The Balaban J connectivity index is 0.00000111. The summed E-state index contributed by atoms with van der Waals surface area (Å²) in [6, 6.07) is 15.7. The second-order valence-electron chi connectivity index (χ2n) is 7.82. The van der Waals surface area contributed by atoms with Gasteiger partial charge < -0.3 is 19.5 Å². The zero-order chi connectivity index (χ0) is 25.9. The number of methoxy groups -OCH3 is 1.